The van der Waals surface area contributed by atoms with E-state index in [2.05, 4.69) is 9.88 Å². The molecular weight excluding hydrogens is 605 g/mol. The molecule has 15 heteroatoms. The lowest BCUT2D eigenvalue weighted by Crippen LogP contribution is -2.59. The molecule has 4 rings (SSSR count). The van der Waals surface area contributed by atoms with Gasteiger partial charge in [0.05, 0.1) is 36.1 Å². The molecule has 1 unspecified atom stereocenters. The molecule has 0 radical (unpaired) electrons. The number of ether oxygens (including phenoxy) is 1. The second-order valence-electron chi connectivity index (χ2n) is 11.7. The van der Waals surface area contributed by atoms with Crippen LogP contribution in [0.1, 0.15) is 69.5 Å². The molecule has 1 atom stereocenters. The fraction of sp³-hybridized carbons (Fsp3) is 0.690. The van der Waals surface area contributed by atoms with Gasteiger partial charge in [0.25, 0.3) is 0 Å². The Bertz CT molecular complexity index is 1330. The molecule has 2 aliphatic heterocycles. The number of nitrogens with zero attached hydrogens (tertiary/aromatic N) is 3. The van der Waals surface area contributed by atoms with Crippen molar-refractivity contribution in [3.63, 3.8) is 0 Å². The van der Waals surface area contributed by atoms with Gasteiger partial charge in [0.15, 0.2) is 0 Å². The summed E-state index contributed by atoms with van der Waals surface area (Å²) in [6.07, 6.45) is 0.668. The van der Waals surface area contributed by atoms with Crippen LogP contribution in [0.25, 0.3) is 10.2 Å². The molecule has 0 bridgehead atoms. The number of aromatic nitrogens is 1. The van der Waals surface area contributed by atoms with Gasteiger partial charge in [0.2, 0.25) is 0 Å². The number of carbonyl (C=O) groups excluding carboxylic acids is 1. The summed E-state index contributed by atoms with van der Waals surface area (Å²) < 4.78 is 44.9. The number of benzene rings is 1. The van der Waals surface area contributed by atoms with E-state index in [1.165, 1.54) is 17.0 Å². The maximum Gasteiger partial charge on any atom is 0.471 e. The lowest BCUT2D eigenvalue weighted by atomic mass is 9.89. The predicted octanol–water partition coefficient (Wildman–Crippen LogP) is 4.30. The van der Waals surface area contributed by atoms with Crippen molar-refractivity contribution in [3.05, 3.63) is 27.4 Å². The number of phenolic OH excluding ortho intramolecular Hbond substituents is 1. The van der Waals surface area contributed by atoms with Gasteiger partial charge in [0, 0.05) is 31.7 Å². The molecule has 2 fully saturated rings. The molecule has 2 aliphatic rings. The van der Waals surface area contributed by atoms with E-state index in [1.54, 1.807) is 0 Å². The molecule has 2 amide bonds. The van der Waals surface area contributed by atoms with Crippen molar-refractivity contribution in [1.82, 2.24) is 19.7 Å². The number of alkyl halides is 3. The smallest absolute Gasteiger partial charge is 0.471 e. The summed E-state index contributed by atoms with van der Waals surface area (Å²) in [5.74, 6) is -1.90. The Kier molecular flexibility index (Phi) is 11.5. The zero-order valence-corrected chi connectivity index (χ0v) is 25.4. The topological polar surface area (TPSA) is 147 Å². The Balaban J connectivity index is 1.07. The Morgan fingerprint density at radius 3 is 2.39 bits per heavy atom. The van der Waals surface area contributed by atoms with E-state index in [0.29, 0.717) is 29.5 Å². The highest BCUT2D eigenvalue weighted by molar-refractivity contribution is 7.16. The molecule has 1 aromatic carbocycles. The van der Waals surface area contributed by atoms with Crippen LogP contribution in [-0.4, -0.2) is 111 Å². The van der Waals surface area contributed by atoms with E-state index in [-0.39, 0.29) is 48.9 Å². The number of unbranched alkanes of at least 4 members (excludes halogenated alkanes) is 6. The summed E-state index contributed by atoms with van der Waals surface area (Å²) in [6, 6.07) is 2.86. The number of thiazole rings is 1. The molecular formula is C29H41F3N4O7S. The third-order valence-corrected chi connectivity index (χ3v) is 9.49. The number of hydrogen-bond donors (Lipinski definition) is 4. The molecule has 44 heavy (non-hydrogen) atoms. The van der Waals surface area contributed by atoms with Crippen molar-refractivity contribution in [2.45, 2.75) is 75.7 Å². The van der Waals surface area contributed by atoms with E-state index in [9.17, 15) is 42.9 Å². The molecule has 246 valence electrons. The van der Waals surface area contributed by atoms with Crippen molar-refractivity contribution >= 4 is 33.6 Å². The summed E-state index contributed by atoms with van der Waals surface area (Å²) in [5, 5.41) is 30.3. The number of hydrogen-bond acceptors (Lipinski definition) is 8. The number of carbonyl (C=O) groups is 2. The molecule has 3 heterocycles. The number of H-pyrrole nitrogens is 1. The maximum atomic E-state index is 12.9. The van der Waals surface area contributed by atoms with Gasteiger partial charge >= 0.3 is 23.0 Å². The fourth-order valence-corrected chi connectivity index (χ4v) is 7.00. The lowest BCUT2D eigenvalue weighted by Gasteiger charge is -2.47. The molecule has 2 saturated heterocycles. The number of morpholine rings is 1. The van der Waals surface area contributed by atoms with E-state index >= 15 is 0 Å². The van der Waals surface area contributed by atoms with Gasteiger partial charge in [-0.2, -0.15) is 13.2 Å². The minimum Gasteiger partial charge on any atom is -0.506 e. The Morgan fingerprint density at radius 1 is 1.07 bits per heavy atom. The van der Waals surface area contributed by atoms with E-state index in [0.717, 1.165) is 74.4 Å². The zero-order valence-electron chi connectivity index (χ0n) is 24.6. The van der Waals surface area contributed by atoms with Crippen LogP contribution >= 0.6 is 11.3 Å². The first-order valence-electron chi connectivity index (χ1n) is 15.1. The van der Waals surface area contributed by atoms with Crippen LogP contribution in [0.3, 0.4) is 0 Å². The number of aromatic hydroxyl groups is 1. The number of likely N-dealkylation sites (tertiary alicyclic amines) is 1. The quantitative estimate of drug-likeness (QED) is 0.236. The van der Waals surface area contributed by atoms with Gasteiger partial charge in [-0.25, -0.2) is 4.79 Å². The number of halogens is 3. The van der Waals surface area contributed by atoms with E-state index < -0.39 is 29.9 Å². The number of amides is 2. The summed E-state index contributed by atoms with van der Waals surface area (Å²) >= 11 is 0.855. The molecule has 1 aromatic heterocycles. The summed E-state index contributed by atoms with van der Waals surface area (Å²) in [6.45, 7) is 2.58. The average Bonchev–Trinajstić information content (AvgIpc) is 3.38. The monoisotopic (exact) mass is 646 g/mol. The van der Waals surface area contributed by atoms with Crippen molar-refractivity contribution in [2.24, 2.45) is 0 Å². The van der Waals surface area contributed by atoms with Gasteiger partial charge < -0.3 is 39.7 Å². The minimum atomic E-state index is -4.86. The number of aromatic amines is 1. The van der Waals surface area contributed by atoms with Crippen LogP contribution < -0.4 is 4.87 Å². The first-order chi connectivity index (χ1) is 20.9. The lowest BCUT2D eigenvalue weighted by molar-refractivity contribution is -0.200. The second kappa shape index (κ2) is 14.9. The zero-order chi connectivity index (χ0) is 31.9. The second-order valence-corrected chi connectivity index (χ2v) is 12.7. The number of fused-ring (bicyclic) bond motifs is 1. The highest BCUT2D eigenvalue weighted by Gasteiger charge is 2.48. The van der Waals surface area contributed by atoms with Gasteiger partial charge in [0.1, 0.15) is 11.3 Å². The first kappa shape index (κ1) is 34.0. The van der Waals surface area contributed by atoms with Gasteiger partial charge in [-0.05, 0) is 38.3 Å². The number of carboxylic acid groups (broad SMARTS) is 1. The van der Waals surface area contributed by atoms with Crippen molar-refractivity contribution in [1.29, 1.82) is 0 Å². The van der Waals surface area contributed by atoms with Crippen LogP contribution in [0.15, 0.2) is 16.9 Å². The molecule has 0 saturated carbocycles. The number of aliphatic hydroxyl groups is 1. The van der Waals surface area contributed by atoms with Crippen molar-refractivity contribution < 1.29 is 42.8 Å². The minimum absolute atomic E-state index is 0.0107. The normalized spacial score (nSPS) is 18.1. The Morgan fingerprint density at radius 2 is 1.73 bits per heavy atom. The van der Waals surface area contributed by atoms with Gasteiger partial charge in [-0.1, -0.05) is 49.5 Å². The average molecular weight is 647 g/mol. The first-order valence-corrected chi connectivity index (χ1v) is 15.9. The number of piperidine rings is 1. The largest absolute Gasteiger partial charge is 0.506 e. The Labute approximate surface area is 257 Å². The summed E-state index contributed by atoms with van der Waals surface area (Å²) in [7, 11) is 0. The van der Waals surface area contributed by atoms with E-state index in [1.807, 2.05) is 0 Å². The molecule has 4 N–H and O–H groups in total. The van der Waals surface area contributed by atoms with Crippen LogP contribution in [0.4, 0.5) is 18.0 Å². The van der Waals surface area contributed by atoms with Crippen LogP contribution in [0, 0.1) is 0 Å². The SMILES string of the molecule is O=C(O)N(CCCCCCCCCN1CCC2(CC1)CN(C(=O)C(F)(F)F)CCO2)CC(O)c1ccc(O)c2[nH]c(=O)sc12. The Hall–Kier alpha value is -2.88. The maximum absolute atomic E-state index is 12.9. The predicted molar refractivity (Wildman–Crippen MR) is 158 cm³/mol. The van der Waals surface area contributed by atoms with E-state index in [4.69, 9.17) is 4.74 Å². The molecule has 0 aliphatic carbocycles. The number of nitrogens with one attached hydrogen (secondary N) is 1. The number of aliphatic hydroxyl groups excluding tert-OH is 1. The van der Waals surface area contributed by atoms with Gasteiger partial charge in [-0.3, -0.25) is 9.59 Å². The van der Waals surface area contributed by atoms with Crippen LogP contribution in [0.2, 0.25) is 0 Å². The van der Waals surface area contributed by atoms with Crippen molar-refractivity contribution in [2.75, 3.05) is 52.4 Å². The third kappa shape index (κ3) is 8.86. The molecule has 2 aromatic rings. The number of phenols is 1. The highest BCUT2D eigenvalue weighted by atomic mass is 32.1. The van der Waals surface area contributed by atoms with Crippen LogP contribution in [-0.2, 0) is 9.53 Å². The number of rotatable bonds is 13. The summed E-state index contributed by atoms with van der Waals surface area (Å²) in [5.41, 5.74) is -0.0651. The highest BCUT2D eigenvalue weighted by Crippen LogP contribution is 2.33. The summed E-state index contributed by atoms with van der Waals surface area (Å²) in [4.78, 5) is 41.7. The van der Waals surface area contributed by atoms with Crippen molar-refractivity contribution in [3.8, 4) is 5.75 Å². The molecule has 11 nitrogen and oxygen atoms in total. The molecule has 1 spiro atoms. The third-order valence-electron chi connectivity index (χ3n) is 8.56. The fourth-order valence-electron chi connectivity index (χ4n) is 6.08. The standard InChI is InChI=1S/C29H41F3N4O7S/c30-29(31,32)25(39)36-16-17-43-28(19-36)10-14-34(15-11-28)12-6-4-2-1-3-5-7-13-35(27(41)42)18-22(38)20-8-9-21(37)23-24(20)44-26(40)33-23/h8-9,22,37-38H,1-7,10-19H2,(H,33,40)(H,41,42). The van der Waals surface area contributed by atoms with Gasteiger partial charge in [-0.15, -0.1) is 0 Å². The van der Waals surface area contributed by atoms with Crippen LogP contribution in [0.5, 0.6) is 5.75 Å².